The minimum absolute atomic E-state index is 0.0521. The van der Waals surface area contributed by atoms with Crippen LogP contribution in [0.2, 0.25) is 0 Å². The van der Waals surface area contributed by atoms with Crippen LogP contribution in [0.25, 0.3) is 0 Å². The normalized spacial score (nSPS) is 23.9. The molecule has 0 unspecified atom stereocenters. The molecule has 2 N–H and O–H groups in total. The topological polar surface area (TPSA) is 102 Å². The first-order valence-electron chi connectivity index (χ1n) is 11.0. The van der Waals surface area contributed by atoms with E-state index < -0.39 is 11.6 Å². The van der Waals surface area contributed by atoms with Crippen LogP contribution in [0, 0.1) is 0 Å². The van der Waals surface area contributed by atoms with Crippen molar-refractivity contribution in [1.29, 1.82) is 0 Å². The number of nitrogens with zero attached hydrogens (tertiary/aromatic N) is 3. The number of piperazine rings is 1. The van der Waals surface area contributed by atoms with Gasteiger partial charge in [-0.1, -0.05) is 12.1 Å². The van der Waals surface area contributed by atoms with E-state index in [-0.39, 0.29) is 17.7 Å². The molecule has 3 heterocycles. The SMILES string of the molecule is C[C@@]1(CSc2ccccc2C(=O)N2CCN(CC(=O)N3CCCC3)CC2)NC(=O)NC1=O. The van der Waals surface area contributed by atoms with Gasteiger partial charge in [0.05, 0.1) is 12.1 Å². The van der Waals surface area contributed by atoms with Gasteiger partial charge in [0.1, 0.15) is 5.54 Å². The summed E-state index contributed by atoms with van der Waals surface area (Å²) in [5.41, 5.74) is -0.418. The second kappa shape index (κ2) is 9.50. The number of benzene rings is 1. The highest BCUT2D eigenvalue weighted by Crippen LogP contribution is 2.28. The maximum atomic E-state index is 13.2. The maximum Gasteiger partial charge on any atom is 0.322 e. The molecule has 3 aliphatic rings. The molecule has 1 atom stereocenters. The number of amides is 5. The predicted molar refractivity (Wildman–Crippen MR) is 120 cm³/mol. The zero-order valence-electron chi connectivity index (χ0n) is 18.3. The van der Waals surface area contributed by atoms with Crippen molar-refractivity contribution in [1.82, 2.24) is 25.3 Å². The number of rotatable bonds is 6. The molecule has 10 heteroatoms. The molecule has 3 saturated heterocycles. The van der Waals surface area contributed by atoms with E-state index in [1.165, 1.54) is 11.8 Å². The highest BCUT2D eigenvalue weighted by Gasteiger charge is 2.42. The molecule has 0 saturated carbocycles. The van der Waals surface area contributed by atoms with E-state index in [0.29, 0.717) is 44.0 Å². The average molecular weight is 460 g/mol. The first-order valence-corrected chi connectivity index (χ1v) is 12.0. The maximum absolute atomic E-state index is 13.2. The Bertz CT molecular complexity index is 911. The van der Waals surface area contributed by atoms with Crippen molar-refractivity contribution in [3.63, 3.8) is 0 Å². The number of carbonyl (C=O) groups is 4. The molecule has 3 fully saturated rings. The summed E-state index contributed by atoms with van der Waals surface area (Å²) in [5.74, 6) is 0.0870. The number of hydrogen-bond acceptors (Lipinski definition) is 6. The van der Waals surface area contributed by atoms with Crippen LogP contribution < -0.4 is 10.6 Å². The smallest absolute Gasteiger partial charge is 0.322 e. The molecular weight excluding hydrogens is 430 g/mol. The number of likely N-dealkylation sites (tertiary alicyclic amines) is 1. The molecule has 172 valence electrons. The Labute approximate surface area is 191 Å². The summed E-state index contributed by atoms with van der Waals surface area (Å²) in [6.45, 7) is 6.29. The van der Waals surface area contributed by atoms with Crippen LogP contribution in [-0.2, 0) is 9.59 Å². The van der Waals surface area contributed by atoms with Gasteiger partial charge in [-0.25, -0.2) is 4.79 Å². The van der Waals surface area contributed by atoms with E-state index in [4.69, 9.17) is 0 Å². The average Bonchev–Trinajstić information content (AvgIpc) is 3.41. The summed E-state index contributed by atoms with van der Waals surface area (Å²) in [6.07, 6.45) is 2.17. The van der Waals surface area contributed by atoms with Gasteiger partial charge >= 0.3 is 6.03 Å². The standard InChI is InChI=1S/C22H29N5O4S/c1-22(20(30)23-21(31)24-22)15-32-17-7-3-2-6-16(17)19(29)27-12-10-25(11-13-27)14-18(28)26-8-4-5-9-26/h2-3,6-7H,4-5,8-15H2,1H3,(H2,23,24,30,31)/t22-/m0/s1. The first-order chi connectivity index (χ1) is 15.4. The summed E-state index contributed by atoms with van der Waals surface area (Å²) in [4.78, 5) is 55.8. The van der Waals surface area contributed by atoms with Gasteiger partial charge < -0.3 is 15.1 Å². The zero-order chi connectivity index (χ0) is 22.7. The van der Waals surface area contributed by atoms with Crippen molar-refractivity contribution in [2.75, 3.05) is 51.6 Å². The van der Waals surface area contributed by atoms with Crippen molar-refractivity contribution in [2.45, 2.75) is 30.2 Å². The van der Waals surface area contributed by atoms with Crippen LogP contribution in [0.1, 0.15) is 30.1 Å². The first kappa shape index (κ1) is 22.6. The Kier molecular flexibility index (Phi) is 6.71. The van der Waals surface area contributed by atoms with Crippen molar-refractivity contribution >= 4 is 35.5 Å². The fourth-order valence-electron chi connectivity index (χ4n) is 4.21. The molecular formula is C22H29N5O4S. The van der Waals surface area contributed by atoms with Gasteiger partial charge in [0.2, 0.25) is 5.91 Å². The third kappa shape index (κ3) is 4.91. The number of nitrogens with one attached hydrogen (secondary N) is 2. The lowest BCUT2D eigenvalue weighted by Crippen LogP contribution is -2.51. The largest absolute Gasteiger partial charge is 0.342 e. The molecule has 1 aromatic carbocycles. The van der Waals surface area contributed by atoms with Gasteiger partial charge in [-0.2, -0.15) is 0 Å². The highest BCUT2D eigenvalue weighted by atomic mass is 32.2. The van der Waals surface area contributed by atoms with E-state index in [0.717, 1.165) is 30.8 Å². The number of hydrogen-bond donors (Lipinski definition) is 2. The molecule has 0 aromatic heterocycles. The third-order valence-corrected chi connectivity index (χ3v) is 7.62. The Morgan fingerprint density at radius 2 is 1.69 bits per heavy atom. The van der Waals surface area contributed by atoms with Gasteiger partial charge in [0.25, 0.3) is 11.8 Å². The van der Waals surface area contributed by atoms with E-state index in [2.05, 4.69) is 15.5 Å². The van der Waals surface area contributed by atoms with Crippen molar-refractivity contribution in [3.8, 4) is 0 Å². The molecule has 3 aliphatic heterocycles. The minimum Gasteiger partial charge on any atom is -0.342 e. The van der Waals surface area contributed by atoms with E-state index in [1.807, 2.05) is 28.0 Å². The van der Waals surface area contributed by atoms with Crippen molar-refractivity contribution in [3.05, 3.63) is 29.8 Å². The molecule has 0 bridgehead atoms. The summed E-state index contributed by atoms with van der Waals surface area (Å²) >= 11 is 1.38. The molecule has 0 radical (unpaired) electrons. The molecule has 4 rings (SSSR count). The van der Waals surface area contributed by atoms with Gasteiger partial charge in [0.15, 0.2) is 0 Å². The lowest BCUT2D eigenvalue weighted by Gasteiger charge is -2.35. The monoisotopic (exact) mass is 459 g/mol. The van der Waals surface area contributed by atoms with Crippen LogP contribution in [0.4, 0.5) is 4.79 Å². The van der Waals surface area contributed by atoms with Crippen LogP contribution in [0.5, 0.6) is 0 Å². The number of carbonyl (C=O) groups excluding carboxylic acids is 4. The van der Waals surface area contributed by atoms with Crippen LogP contribution in [0.3, 0.4) is 0 Å². The molecule has 0 spiro atoms. The van der Waals surface area contributed by atoms with E-state index in [1.54, 1.807) is 13.0 Å². The quantitative estimate of drug-likeness (QED) is 0.481. The molecule has 32 heavy (non-hydrogen) atoms. The third-order valence-electron chi connectivity index (χ3n) is 6.23. The van der Waals surface area contributed by atoms with Gasteiger partial charge in [-0.15, -0.1) is 11.8 Å². The Balaban J connectivity index is 1.33. The number of imide groups is 1. The predicted octanol–water partition coefficient (Wildman–Crippen LogP) is 0.757. The fraction of sp³-hybridized carbons (Fsp3) is 0.545. The van der Waals surface area contributed by atoms with Gasteiger partial charge in [-0.3, -0.25) is 24.6 Å². The van der Waals surface area contributed by atoms with Gasteiger partial charge in [0, 0.05) is 49.9 Å². The Hall–Kier alpha value is -2.59. The van der Waals surface area contributed by atoms with Crippen LogP contribution in [0.15, 0.2) is 29.2 Å². The van der Waals surface area contributed by atoms with E-state index >= 15 is 0 Å². The lowest BCUT2D eigenvalue weighted by atomic mass is 10.1. The molecule has 1 aromatic rings. The van der Waals surface area contributed by atoms with Crippen molar-refractivity contribution in [2.24, 2.45) is 0 Å². The second-order valence-electron chi connectivity index (χ2n) is 8.68. The number of thioether (sulfide) groups is 1. The summed E-state index contributed by atoms with van der Waals surface area (Å²) in [7, 11) is 0. The van der Waals surface area contributed by atoms with Gasteiger partial charge in [-0.05, 0) is 31.9 Å². The Morgan fingerprint density at radius 1 is 1.00 bits per heavy atom. The van der Waals surface area contributed by atoms with E-state index in [9.17, 15) is 19.2 Å². The Morgan fingerprint density at radius 3 is 2.34 bits per heavy atom. The summed E-state index contributed by atoms with van der Waals surface area (Å²) in [5, 5.41) is 4.91. The molecule has 0 aliphatic carbocycles. The van der Waals surface area contributed by atoms with Crippen LogP contribution in [-0.4, -0.2) is 95.6 Å². The fourth-order valence-corrected chi connectivity index (χ4v) is 5.34. The summed E-state index contributed by atoms with van der Waals surface area (Å²) in [6, 6.07) is 6.85. The molecule has 5 amide bonds. The lowest BCUT2D eigenvalue weighted by molar-refractivity contribution is -0.131. The molecule has 9 nitrogen and oxygen atoms in total. The highest BCUT2D eigenvalue weighted by molar-refractivity contribution is 7.99. The minimum atomic E-state index is -1.01. The summed E-state index contributed by atoms with van der Waals surface area (Å²) < 4.78 is 0. The second-order valence-corrected chi connectivity index (χ2v) is 9.70. The number of urea groups is 1. The zero-order valence-corrected chi connectivity index (χ0v) is 19.1. The van der Waals surface area contributed by atoms with Crippen LogP contribution >= 0.6 is 11.8 Å². The van der Waals surface area contributed by atoms with Crippen molar-refractivity contribution < 1.29 is 19.2 Å².